The number of hydrogen-bond donors (Lipinski definition) is 0. The molecule has 0 aromatic heterocycles. The quantitative estimate of drug-likeness (QED) is 0.680. The Labute approximate surface area is 133 Å². The minimum absolute atomic E-state index is 0.500. The van der Waals surface area contributed by atoms with Crippen molar-refractivity contribution in [3.05, 3.63) is 79.1 Å². The third kappa shape index (κ3) is 3.34. The predicted octanol–water partition coefficient (Wildman–Crippen LogP) is 4.02. The summed E-state index contributed by atoms with van der Waals surface area (Å²) < 4.78 is 3.18. The molecule has 0 saturated carbocycles. The zero-order chi connectivity index (χ0) is 13.9. The van der Waals surface area contributed by atoms with E-state index in [4.69, 9.17) is 0 Å². The van der Waals surface area contributed by atoms with E-state index in [1.165, 1.54) is 22.3 Å². The van der Waals surface area contributed by atoms with Crippen LogP contribution in [-0.2, 0) is 0 Å². The van der Waals surface area contributed by atoms with E-state index in [1.54, 1.807) is 7.84 Å². The zero-order valence-corrected chi connectivity index (χ0v) is 15.0. The van der Waals surface area contributed by atoms with Crippen LogP contribution in [0.15, 0.2) is 56.9 Å². The summed E-state index contributed by atoms with van der Waals surface area (Å²) in [5.74, 6) is 0. The van der Waals surface area contributed by atoms with Crippen molar-refractivity contribution in [3.63, 3.8) is 0 Å². The molecular weight excluding hydrogens is 374 g/mol. The molecule has 1 aliphatic rings. The number of benzene rings is 2. The molecular formula is C18H16Se2. The van der Waals surface area contributed by atoms with Gasteiger partial charge in [-0.1, -0.05) is 0 Å². The molecule has 0 saturated heterocycles. The van der Waals surface area contributed by atoms with Crippen LogP contribution in [-0.4, -0.2) is 29.9 Å². The van der Waals surface area contributed by atoms with E-state index in [0.29, 0.717) is 29.9 Å². The number of rotatable bonds is 2. The molecule has 1 aliphatic heterocycles. The molecule has 3 rings (SSSR count). The second kappa shape index (κ2) is 6.16. The fraction of sp³-hybridized carbons (Fsp3) is 0.111. The van der Waals surface area contributed by atoms with Crippen LogP contribution in [0.5, 0.6) is 0 Å². The summed E-state index contributed by atoms with van der Waals surface area (Å²) in [5.41, 5.74) is 5.41. The molecule has 100 valence electrons. The second-order valence-corrected chi connectivity index (χ2v) is 10.4. The van der Waals surface area contributed by atoms with Gasteiger partial charge in [-0.15, -0.1) is 0 Å². The van der Waals surface area contributed by atoms with E-state index in [0.717, 1.165) is 0 Å². The van der Waals surface area contributed by atoms with Crippen molar-refractivity contribution in [2.45, 2.75) is 13.8 Å². The first kappa shape index (κ1) is 13.9. The van der Waals surface area contributed by atoms with Crippen molar-refractivity contribution in [2.24, 2.45) is 0 Å². The van der Waals surface area contributed by atoms with E-state index in [9.17, 15) is 0 Å². The summed E-state index contributed by atoms with van der Waals surface area (Å²) in [6, 6.07) is 17.8. The fourth-order valence-corrected chi connectivity index (χ4v) is 7.83. The zero-order valence-electron chi connectivity index (χ0n) is 11.6. The molecule has 0 spiro atoms. The van der Waals surface area contributed by atoms with Gasteiger partial charge in [0.25, 0.3) is 0 Å². The standard InChI is InChI=1S/C18H16Se2/c1-13-3-7-15(8-4-13)11-18-19-12-17(20-18)16-9-5-14(2)6-10-16/h3-12H,1-2H3/b18-11+. The van der Waals surface area contributed by atoms with Crippen LogP contribution in [0, 0.1) is 13.8 Å². The van der Waals surface area contributed by atoms with Crippen molar-refractivity contribution in [1.82, 2.24) is 0 Å². The van der Waals surface area contributed by atoms with Crippen molar-refractivity contribution < 1.29 is 0 Å². The maximum absolute atomic E-state index is 2.46. The number of aryl methyl sites for hydroxylation is 2. The van der Waals surface area contributed by atoms with Crippen LogP contribution in [0.3, 0.4) is 0 Å². The summed E-state index contributed by atoms with van der Waals surface area (Å²) >= 11 is 1.03. The predicted molar refractivity (Wildman–Crippen MR) is 89.8 cm³/mol. The van der Waals surface area contributed by atoms with Crippen molar-refractivity contribution >= 4 is 40.5 Å². The van der Waals surface area contributed by atoms with Crippen molar-refractivity contribution in [2.75, 3.05) is 0 Å². The van der Waals surface area contributed by atoms with Crippen LogP contribution in [0.25, 0.3) is 10.5 Å². The summed E-state index contributed by atoms with van der Waals surface area (Å²) in [6.45, 7) is 4.28. The van der Waals surface area contributed by atoms with E-state index >= 15 is 0 Å². The van der Waals surface area contributed by atoms with Crippen molar-refractivity contribution in [3.8, 4) is 0 Å². The fourth-order valence-electron chi connectivity index (χ4n) is 1.98. The van der Waals surface area contributed by atoms with Gasteiger partial charge in [-0.2, -0.15) is 0 Å². The molecule has 0 bridgehead atoms. The molecule has 0 radical (unpaired) electrons. The van der Waals surface area contributed by atoms with Crippen LogP contribution in [0.2, 0.25) is 0 Å². The van der Waals surface area contributed by atoms with Crippen LogP contribution < -0.4 is 0 Å². The average Bonchev–Trinajstić information content (AvgIpc) is 2.91. The molecule has 0 unspecified atom stereocenters. The minimum atomic E-state index is 0.500. The van der Waals surface area contributed by atoms with Gasteiger partial charge in [-0.3, -0.25) is 0 Å². The Kier molecular flexibility index (Phi) is 4.29. The second-order valence-electron chi connectivity index (χ2n) is 4.94. The Morgan fingerprint density at radius 2 is 1.40 bits per heavy atom. The number of hydrogen-bond acceptors (Lipinski definition) is 0. The van der Waals surface area contributed by atoms with Gasteiger partial charge in [-0.25, -0.2) is 0 Å². The summed E-state index contributed by atoms with van der Waals surface area (Å²) in [5, 5.41) is 0. The van der Waals surface area contributed by atoms with Crippen molar-refractivity contribution in [1.29, 1.82) is 0 Å². The topological polar surface area (TPSA) is 0 Å². The molecule has 2 aromatic carbocycles. The van der Waals surface area contributed by atoms with Crippen LogP contribution in [0.1, 0.15) is 22.3 Å². The maximum atomic E-state index is 2.46. The monoisotopic (exact) mass is 392 g/mol. The molecule has 1 heterocycles. The van der Waals surface area contributed by atoms with E-state index in [2.05, 4.69) is 73.4 Å². The summed E-state index contributed by atoms with van der Waals surface area (Å²) in [6.07, 6.45) is 2.39. The third-order valence-corrected chi connectivity index (χ3v) is 9.25. The third-order valence-electron chi connectivity index (χ3n) is 3.19. The van der Waals surface area contributed by atoms with Gasteiger partial charge in [0.15, 0.2) is 0 Å². The molecule has 0 nitrogen and oxygen atoms in total. The molecule has 0 aliphatic carbocycles. The van der Waals surface area contributed by atoms with Gasteiger partial charge < -0.3 is 0 Å². The van der Waals surface area contributed by atoms with Gasteiger partial charge in [0, 0.05) is 0 Å². The Bertz CT molecular complexity index is 662. The normalized spacial score (nSPS) is 16.5. The molecule has 0 atom stereocenters. The Hall–Kier alpha value is -1.04. The Morgan fingerprint density at radius 3 is 2.05 bits per heavy atom. The Morgan fingerprint density at radius 1 is 0.800 bits per heavy atom. The van der Waals surface area contributed by atoms with Gasteiger partial charge in [0.05, 0.1) is 0 Å². The molecule has 2 heteroatoms. The Balaban J connectivity index is 1.75. The summed E-state index contributed by atoms with van der Waals surface area (Å²) in [4.78, 5) is 2.46. The summed E-state index contributed by atoms with van der Waals surface area (Å²) in [7, 11) is 0. The SMILES string of the molecule is Cc1ccc(/C=C2\[Se]C=C(c3ccc(C)cc3)[Se]2)cc1. The molecule has 0 amide bonds. The molecule has 20 heavy (non-hydrogen) atoms. The first-order valence-electron chi connectivity index (χ1n) is 6.61. The van der Waals surface area contributed by atoms with Gasteiger partial charge in [0.2, 0.25) is 0 Å². The average molecular weight is 390 g/mol. The molecule has 2 aromatic rings. The first-order valence-corrected chi connectivity index (χ1v) is 10.2. The van der Waals surface area contributed by atoms with Gasteiger partial charge in [-0.05, 0) is 0 Å². The van der Waals surface area contributed by atoms with Crippen LogP contribution >= 0.6 is 0 Å². The van der Waals surface area contributed by atoms with Gasteiger partial charge in [0.1, 0.15) is 0 Å². The van der Waals surface area contributed by atoms with Gasteiger partial charge >= 0.3 is 133 Å². The van der Waals surface area contributed by atoms with E-state index < -0.39 is 0 Å². The van der Waals surface area contributed by atoms with E-state index in [1.807, 2.05) is 0 Å². The molecule has 0 N–H and O–H groups in total. The van der Waals surface area contributed by atoms with Crippen LogP contribution in [0.4, 0.5) is 0 Å². The molecule has 0 fully saturated rings. The first-order chi connectivity index (χ1) is 9.70. The van der Waals surface area contributed by atoms with E-state index in [-0.39, 0.29) is 0 Å².